The Bertz CT molecular complexity index is 1340. The van der Waals surface area contributed by atoms with Crippen molar-refractivity contribution < 1.29 is 18.7 Å². The molecule has 0 bridgehead atoms. The lowest BCUT2D eigenvalue weighted by atomic mass is 9.99. The molecule has 2 heterocycles. The Morgan fingerprint density at radius 1 is 1.00 bits per heavy atom. The molecule has 1 N–H and O–H groups in total. The Hall–Kier alpha value is -4.39. The molecule has 0 unspecified atom stereocenters. The molecule has 7 nitrogen and oxygen atoms in total. The van der Waals surface area contributed by atoms with Gasteiger partial charge >= 0.3 is 5.97 Å². The van der Waals surface area contributed by atoms with Gasteiger partial charge in [-0.05, 0) is 73.9 Å². The maximum atomic E-state index is 12.6. The van der Waals surface area contributed by atoms with Crippen LogP contribution in [0.25, 0.3) is 23.0 Å². The molecular formula is C27H25N3O4. The van der Waals surface area contributed by atoms with E-state index in [1.54, 1.807) is 16.8 Å². The molecule has 2 aromatic carbocycles. The van der Waals surface area contributed by atoms with Crippen LogP contribution >= 0.6 is 0 Å². The second-order valence-electron chi connectivity index (χ2n) is 7.92. The smallest absolute Gasteiger partial charge is 0.331 e. The first-order valence-corrected chi connectivity index (χ1v) is 10.8. The average molecular weight is 456 g/mol. The van der Waals surface area contributed by atoms with E-state index < -0.39 is 18.5 Å². The van der Waals surface area contributed by atoms with Gasteiger partial charge in [0.15, 0.2) is 6.61 Å². The molecule has 0 saturated heterocycles. The maximum Gasteiger partial charge on any atom is 0.331 e. The van der Waals surface area contributed by atoms with Gasteiger partial charge in [0.25, 0.3) is 5.91 Å². The number of carbonyl (C=O) groups excluding carboxylic acids is 2. The predicted octanol–water partition coefficient (Wildman–Crippen LogP) is 5.25. The number of ether oxygens (including phenoxy) is 1. The first kappa shape index (κ1) is 22.8. The number of esters is 1. The summed E-state index contributed by atoms with van der Waals surface area (Å²) in [6, 6.07) is 19.0. The third-order valence-corrected chi connectivity index (χ3v) is 5.37. The van der Waals surface area contributed by atoms with Crippen molar-refractivity contribution in [3.63, 3.8) is 0 Å². The Labute approximate surface area is 197 Å². The fourth-order valence-electron chi connectivity index (χ4n) is 3.50. The fraction of sp³-hybridized carbons (Fsp3) is 0.148. The second-order valence-corrected chi connectivity index (χ2v) is 7.92. The molecule has 1 amide bonds. The van der Waals surface area contributed by atoms with E-state index in [-0.39, 0.29) is 0 Å². The molecule has 172 valence electrons. The van der Waals surface area contributed by atoms with Crippen molar-refractivity contribution in [1.82, 2.24) is 9.78 Å². The number of nitrogens with zero attached hydrogens (tertiary/aromatic N) is 2. The summed E-state index contributed by atoms with van der Waals surface area (Å²) in [7, 11) is 0. The molecule has 0 atom stereocenters. The Balaban J connectivity index is 1.54. The van der Waals surface area contributed by atoms with E-state index in [1.165, 1.54) is 24.0 Å². The Morgan fingerprint density at radius 2 is 1.76 bits per heavy atom. The number of hydrogen-bond acceptors (Lipinski definition) is 5. The number of amides is 1. The van der Waals surface area contributed by atoms with Gasteiger partial charge in [0.05, 0.1) is 17.6 Å². The number of anilines is 1. The van der Waals surface area contributed by atoms with E-state index in [0.29, 0.717) is 11.6 Å². The van der Waals surface area contributed by atoms with Crippen molar-refractivity contribution in [3.05, 3.63) is 95.5 Å². The van der Waals surface area contributed by atoms with Crippen LogP contribution in [0.15, 0.2) is 77.4 Å². The van der Waals surface area contributed by atoms with Crippen LogP contribution in [-0.4, -0.2) is 28.3 Å². The van der Waals surface area contributed by atoms with Gasteiger partial charge in [-0.15, -0.1) is 0 Å². The number of carbonyl (C=O) groups is 2. The monoisotopic (exact) mass is 455 g/mol. The van der Waals surface area contributed by atoms with Crippen LogP contribution in [0.3, 0.4) is 0 Å². The van der Waals surface area contributed by atoms with Crippen molar-refractivity contribution >= 4 is 23.8 Å². The minimum absolute atomic E-state index is 0.431. The van der Waals surface area contributed by atoms with E-state index in [2.05, 4.69) is 31.3 Å². The van der Waals surface area contributed by atoms with Crippen LogP contribution in [0.5, 0.6) is 0 Å². The van der Waals surface area contributed by atoms with Crippen LogP contribution in [0.4, 0.5) is 5.82 Å². The lowest BCUT2D eigenvalue weighted by molar-refractivity contribution is -0.142. The van der Waals surface area contributed by atoms with Crippen LogP contribution in [-0.2, 0) is 14.3 Å². The SMILES string of the molecule is Cc1cc(C)c(-c2cc(NC(=O)COC(=O)/C=C/c3ccco3)n(-c3ccccc3)n2)cc1C. The van der Waals surface area contributed by atoms with Gasteiger partial charge in [-0.1, -0.05) is 24.3 Å². The zero-order chi connectivity index (χ0) is 24.1. The molecular weight excluding hydrogens is 430 g/mol. The Kier molecular flexibility index (Phi) is 6.73. The molecule has 0 spiro atoms. The average Bonchev–Trinajstić information content (AvgIpc) is 3.49. The number of rotatable bonds is 7. The minimum atomic E-state index is -0.644. The zero-order valence-electron chi connectivity index (χ0n) is 19.2. The predicted molar refractivity (Wildman–Crippen MR) is 131 cm³/mol. The van der Waals surface area contributed by atoms with Gasteiger partial charge in [0.2, 0.25) is 0 Å². The summed E-state index contributed by atoms with van der Waals surface area (Å²) in [6.45, 7) is 5.74. The first-order valence-electron chi connectivity index (χ1n) is 10.8. The summed E-state index contributed by atoms with van der Waals surface area (Å²) >= 11 is 0. The van der Waals surface area contributed by atoms with E-state index in [9.17, 15) is 9.59 Å². The zero-order valence-corrected chi connectivity index (χ0v) is 19.2. The van der Waals surface area contributed by atoms with Gasteiger partial charge in [-0.2, -0.15) is 5.10 Å². The highest BCUT2D eigenvalue weighted by Crippen LogP contribution is 2.29. The molecule has 0 saturated carbocycles. The lowest BCUT2D eigenvalue weighted by Gasteiger charge is -2.09. The molecule has 0 fully saturated rings. The number of para-hydroxylation sites is 1. The number of benzene rings is 2. The van der Waals surface area contributed by atoms with E-state index >= 15 is 0 Å². The van der Waals surface area contributed by atoms with Crippen molar-refractivity contribution in [3.8, 4) is 16.9 Å². The van der Waals surface area contributed by atoms with E-state index in [1.807, 2.05) is 43.3 Å². The fourth-order valence-corrected chi connectivity index (χ4v) is 3.50. The van der Waals surface area contributed by atoms with Gasteiger partial charge in [0, 0.05) is 17.7 Å². The topological polar surface area (TPSA) is 86.4 Å². The van der Waals surface area contributed by atoms with Crippen LogP contribution in [0, 0.1) is 20.8 Å². The van der Waals surface area contributed by atoms with Gasteiger partial charge in [0.1, 0.15) is 11.6 Å². The molecule has 2 aromatic heterocycles. The summed E-state index contributed by atoms with van der Waals surface area (Å²) < 4.78 is 11.8. The van der Waals surface area contributed by atoms with Gasteiger partial charge in [-0.3, -0.25) is 4.79 Å². The first-order chi connectivity index (χ1) is 16.4. The molecule has 7 heteroatoms. The maximum absolute atomic E-state index is 12.6. The van der Waals surface area contributed by atoms with E-state index in [4.69, 9.17) is 14.3 Å². The van der Waals surface area contributed by atoms with Crippen LogP contribution in [0.1, 0.15) is 22.5 Å². The third-order valence-electron chi connectivity index (χ3n) is 5.37. The molecule has 4 aromatic rings. The lowest BCUT2D eigenvalue weighted by Crippen LogP contribution is -2.21. The van der Waals surface area contributed by atoms with Crippen molar-refractivity contribution in [2.45, 2.75) is 20.8 Å². The van der Waals surface area contributed by atoms with Gasteiger partial charge in [-0.25, -0.2) is 9.48 Å². The number of aryl methyl sites for hydroxylation is 3. The summed E-state index contributed by atoms with van der Waals surface area (Å²) in [5.74, 6) is -0.122. The minimum Gasteiger partial charge on any atom is -0.465 e. The molecule has 0 aliphatic heterocycles. The quantitative estimate of drug-likeness (QED) is 0.304. The third kappa shape index (κ3) is 5.32. The van der Waals surface area contributed by atoms with Crippen molar-refractivity contribution in [2.24, 2.45) is 0 Å². The standard InChI is InChI=1S/C27H25N3O4/c1-18-14-20(3)23(15-19(18)2)24-16-25(30(29-24)21-8-5-4-6-9-21)28-26(31)17-34-27(32)12-11-22-10-7-13-33-22/h4-16H,17H2,1-3H3,(H,28,31)/b12-11+. The summed E-state index contributed by atoms with van der Waals surface area (Å²) in [5.41, 5.74) is 5.98. The Morgan fingerprint density at radius 3 is 2.50 bits per heavy atom. The van der Waals surface area contributed by atoms with Gasteiger partial charge < -0.3 is 14.5 Å². The highest BCUT2D eigenvalue weighted by Gasteiger charge is 2.16. The molecule has 0 radical (unpaired) electrons. The second kappa shape index (κ2) is 10.0. The molecule has 0 aliphatic rings. The van der Waals surface area contributed by atoms with Crippen molar-refractivity contribution in [1.29, 1.82) is 0 Å². The summed E-state index contributed by atoms with van der Waals surface area (Å²) in [4.78, 5) is 24.5. The molecule has 34 heavy (non-hydrogen) atoms. The van der Waals surface area contributed by atoms with Crippen molar-refractivity contribution in [2.75, 3.05) is 11.9 Å². The molecule has 0 aliphatic carbocycles. The largest absolute Gasteiger partial charge is 0.465 e. The number of nitrogens with one attached hydrogen (secondary N) is 1. The summed E-state index contributed by atoms with van der Waals surface area (Å²) in [6.07, 6.45) is 4.19. The van der Waals surface area contributed by atoms with E-state index in [0.717, 1.165) is 28.1 Å². The normalized spacial score (nSPS) is 11.0. The number of furan rings is 1. The van der Waals surface area contributed by atoms with Crippen LogP contribution < -0.4 is 5.32 Å². The molecule has 4 rings (SSSR count). The number of aromatic nitrogens is 2. The van der Waals surface area contributed by atoms with Crippen LogP contribution in [0.2, 0.25) is 0 Å². The number of hydrogen-bond donors (Lipinski definition) is 1. The highest BCUT2D eigenvalue weighted by atomic mass is 16.5. The summed E-state index contributed by atoms with van der Waals surface area (Å²) in [5, 5.41) is 7.57. The highest BCUT2D eigenvalue weighted by molar-refractivity contribution is 5.94.